The van der Waals surface area contributed by atoms with Crippen LogP contribution in [0.5, 0.6) is 0 Å². The summed E-state index contributed by atoms with van der Waals surface area (Å²) in [5.41, 5.74) is 7.47. The maximum atomic E-state index is 9.36. The van der Waals surface area contributed by atoms with Crippen molar-refractivity contribution >= 4 is 32.3 Å². The molecule has 3 nitrogen and oxygen atoms in total. The van der Waals surface area contributed by atoms with E-state index in [1.54, 1.807) is 6.20 Å². The number of rotatable bonds is 11. The van der Waals surface area contributed by atoms with E-state index in [0.29, 0.717) is 22.4 Å². The number of pyridine rings is 3. The van der Waals surface area contributed by atoms with E-state index in [-0.39, 0.29) is 42.4 Å². The minimum atomic E-state index is -2.74. The fourth-order valence-corrected chi connectivity index (χ4v) is 8.83. The Kier molecular flexibility index (Phi) is 11.7. The Bertz CT molecular complexity index is 3790. The van der Waals surface area contributed by atoms with Crippen molar-refractivity contribution in [2.75, 3.05) is 0 Å². The molecule has 3 heterocycles. The second-order valence-corrected chi connectivity index (χ2v) is 16.6. The predicted octanol–water partition coefficient (Wildman–Crippen LogP) is 16.3. The monoisotopic (exact) mass is 1100 g/mol. The van der Waals surface area contributed by atoms with E-state index < -0.39 is 25.5 Å². The van der Waals surface area contributed by atoms with Crippen LogP contribution in [0, 0.1) is 18.2 Å². The van der Waals surface area contributed by atoms with E-state index in [1.807, 2.05) is 97.1 Å². The molecule has 0 radical (unpaired) electrons. The van der Waals surface area contributed by atoms with Crippen LogP contribution in [-0.2, 0) is 45.6 Å². The zero-order valence-corrected chi connectivity index (χ0v) is 40.7. The van der Waals surface area contributed by atoms with E-state index in [2.05, 4.69) is 101 Å². The van der Waals surface area contributed by atoms with E-state index in [1.165, 1.54) is 88.8 Å². The Morgan fingerprint density at radius 3 is 1.46 bits per heavy atom. The molecular weight excluding hydrogens is 1040 g/mol. The number of fused-ring (bicyclic) bond motifs is 6. The van der Waals surface area contributed by atoms with Crippen LogP contribution in [0.15, 0.2) is 243 Å². The van der Waals surface area contributed by atoms with Crippen molar-refractivity contribution in [1.82, 2.24) is 15.0 Å². The van der Waals surface area contributed by atoms with Crippen molar-refractivity contribution in [3.63, 3.8) is 0 Å². The maximum absolute atomic E-state index is 9.36. The summed E-state index contributed by atoms with van der Waals surface area (Å²) < 4.78 is 73.8. The Morgan fingerprint density at radius 2 is 0.873 bits per heavy atom. The minimum Gasteiger partial charge on any atom is -0.304 e. The Labute approximate surface area is 441 Å². The molecule has 0 N–H and O–H groups in total. The molecular formula is C67H48IrN3. The maximum Gasteiger partial charge on any atom is 3.00 e. The van der Waals surface area contributed by atoms with Crippen molar-refractivity contribution < 1.29 is 31.1 Å². The SMILES string of the molecule is [2H]C([2H])(c1cccnc1)C([2H])([2H])c1cc(-c2ccccc2-c2cnc(-c3[c-]cccc3)cc2-c2ccc(-c3ccccc3)cc2)cc(C([2H])([2H])C([2H])([2H])c2cccnc2)c1.[Ir+3].[c-]1cccc2c1c1[c-]cccc1c1ccccc21. The van der Waals surface area contributed by atoms with Crippen LogP contribution in [0.2, 0.25) is 0 Å². The van der Waals surface area contributed by atoms with Gasteiger partial charge in [-0.2, -0.15) is 24.3 Å². The first-order valence-electron chi connectivity index (χ1n) is 27.1. The summed E-state index contributed by atoms with van der Waals surface area (Å²) in [4.78, 5) is 13.0. The normalized spacial score (nSPS) is 13.4. The molecule has 12 rings (SSSR count). The summed E-state index contributed by atoms with van der Waals surface area (Å²) in [6.07, 6.45) is -3.44. The third-order valence-corrected chi connectivity index (χ3v) is 12.1. The summed E-state index contributed by atoms with van der Waals surface area (Å²) in [5.74, 6) is 0. The number of aryl methyl sites for hydroxylation is 4. The van der Waals surface area contributed by atoms with Crippen molar-refractivity contribution in [3.05, 3.63) is 284 Å². The largest absolute Gasteiger partial charge is 3.00 e. The third-order valence-electron chi connectivity index (χ3n) is 12.1. The first-order valence-corrected chi connectivity index (χ1v) is 23.1. The van der Waals surface area contributed by atoms with Crippen LogP contribution in [0.4, 0.5) is 0 Å². The van der Waals surface area contributed by atoms with Gasteiger partial charge in [0.15, 0.2) is 0 Å². The number of hydrogen-bond donors (Lipinski definition) is 0. The smallest absolute Gasteiger partial charge is 0.304 e. The quantitative estimate of drug-likeness (QED) is 0.0957. The van der Waals surface area contributed by atoms with Gasteiger partial charge in [-0.05, 0) is 105 Å². The van der Waals surface area contributed by atoms with Crippen LogP contribution in [0.1, 0.15) is 33.2 Å². The average molecular weight is 1100 g/mol. The van der Waals surface area contributed by atoms with Gasteiger partial charge in [0.05, 0.1) is 0 Å². The summed E-state index contributed by atoms with van der Waals surface area (Å²) in [6.45, 7) is 0. The molecule has 12 aromatic rings. The molecule has 0 unspecified atom stereocenters. The molecule has 340 valence electrons. The molecule has 0 atom stereocenters. The summed E-state index contributed by atoms with van der Waals surface area (Å²) in [5, 5.41) is 7.40. The molecule has 0 amide bonds. The van der Waals surface area contributed by atoms with Crippen LogP contribution >= 0.6 is 0 Å². The molecule has 0 fully saturated rings. The van der Waals surface area contributed by atoms with Gasteiger partial charge in [0.25, 0.3) is 0 Å². The molecule has 0 spiro atoms. The molecule has 3 aromatic heterocycles. The van der Waals surface area contributed by atoms with Crippen LogP contribution in [-0.4, -0.2) is 15.0 Å². The van der Waals surface area contributed by atoms with E-state index >= 15 is 0 Å². The standard InChI is InChI=1S/C49H38N3.C18H10.Ir/c1-3-13-40(14-4-1)41-23-25-42(26-24-41)47-32-49(43-15-5-2-6-16-43)52-35-48(47)46-18-8-7-17-45(46)44-30-38(21-19-36-11-9-27-50-33-36)29-39(31-44)22-20-37-12-10-28-51-34-37;1-2-8-14-13(7-1)15-9-3-4-11-17(15)18-12-6-5-10-16(14)18;/h1-15,17-18,23-35H,19-22H2;1-10H;/q-1;-2;+3/i19D2,20D2,21D2,22D2;;. The van der Waals surface area contributed by atoms with Gasteiger partial charge in [-0.3, -0.25) is 9.97 Å². The Hall–Kier alpha value is -8.14. The molecule has 9 aromatic carbocycles. The fourth-order valence-electron chi connectivity index (χ4n) is 8.83. The van der Waals surface area contributed by atoms with Crippen molar-refractivity contribution in [3.8, 4) is 55.8 Å². The number of hydrogen-bond acceptors (Lipinski definition) is 3. The van der Waals surface area contributed by atoms with Gasteiger partial charge >= 0.3 is 20.1 Å². The van der Waals surface area contributed by atoms with Gasteiger partial charge in [0.2, 0.25) is 0 Å². The second kappa shape index (κ2) is 22.1. The van der Waals surface area contributed by atoms with Crippen LogP contribution in [0.3, 0.4) is 0 Å². The van der Waals surface area contributed by atoms with Gasteiger partial charge in [0.1, 0.15) is 0 Å². The van der Waals surface area contributed by atoms with Crippen molar-refractivity contribution in [2.45, 2.75) is 25.5 Å². The fraction of sp³-hybridized carbons (Fsp3) is 0.0597. The summed E-state index contributed by atoms with van der Waals surface area (Å²) in [7, 11) is 0. The zero-order chi connectivity index (χ0) is 54.1. The topological polar surface area (TPSA) is 38.7 Å². The average Bonchev–Trinajstić information content (AvgIpc) is 3.57. The van der Waals surface area contributed by atoms with Gasteiger partial charge in [-0.15, -0.1) is 70.9 Å². The summed E-state index contributed by atoms with van der Waals surface area (Å²) in [6, 6.07) is 76.6. The molecule has 0 saturated heterocycles. The molecule has 4 heteroatoms. The molecule has 0 aliphatic carbocycles. The zero-order valence-electron chi connectivity index (χ0n) is 46.3. The van der Waals surface area contributed by atoms with Crippen molar-refractivity contribution in [1.29, 1.82) is 0 Å². The van der Waals surface area contributed by atoms with Gasteiger partial charge < -0.3 is 4.98 Å². The van der Waals surface area contributed by atoms with Crippen molar-refractivity contribution in [2.24, 2.45) is 0 Å². The predicted molar refractivity (Wildman–Crippen MR) is 290 cm³/mol. The molecule has 0 bridgehead atoms. The molecule has 0 saturated carbocycles. The second-order valence-electron chi connectivity index (χ2n) is 16.6. The van der Waals surface area contributed by atoms with E-state index in [4.69, 9.17) is 10.5 Å². The number of benzene rings is 9. The van der Waals surface area contributed by atoms with E-state index in [0.717, 1.165) is 44.2 Å². The van der Waals surface area contributed by atoms with Gasteiger partial charge in [0, 0.05) is 47.5 Å². The first-order chi connectivity index (χ1) is 37.7. The van der Waals surface area contributed by atoms with Gasteiger partial charge in [-0.1, -0.05) is 150 Å². The van der Waals surface area contributed by atoms with Crippen LogP contribution in [0.25, 0.3) is 88.1 Å². The van der Waals surface area contributed by atoms with E-state index in [9.17, 15) is 5.48 Å². The first kappa shape index (κ1) is 37.7. The molecule has 71 heavy (non-hydrogen) atoms. The Balaban J connectivity index is 0.000000310. The number of aromatic nitrogens is 3. The minimum absolute atomic E-state index is 0. The molecule has 0 aliphatic heterocycles. The number of nitrogens with zero attached hydrogens (tertiary/aromatic N) is 3. The third kappa shape index (κ3) is 10.6. The van der Waals surface area contributed by atoms with Gasteiger partial charge in [-0.25, -0.2) is 10.8 Å². The molecule has 0 aliphatic rings. The summed E-state index contributed by atoms with van der Waals surface area (Å²) >= 11 is 0. The van der Waals surface area contributed by atoms with Crippen LogP contribution < -0.4 is 0 Å². The Morgan fingerprint density at radius 1 is 0.352 bits per heavy atom.